The Balaban J connectivity index is 1.82. The van der Waals surface area contributed by atoms with E-state index in [2.05, 4.69) is 20.8 Å². The number of fused-ring (bicyclic) bond motifs is 2. The van der Waals surface area contributed by atoms with Crippen LogP contribution in [0, 0.1) is 0 Å². The van der Waals surface area contributed by atoms with Crippen LogP contribution in [-0.2, 0) is 10.3 Å². The minimum atomic E-state index is -0.469. The minimum Gasteiger partial charge on any atom is -0.341 e. The monoisotopic (exact) mass is 283 g/mol. The van der Waals surface area contributed by atoms with Crippen LogP contribution in [0.15, 0.2) is 30.3 Å². The Morgan fingerprint density at radius 3 is 2.67 bits per heavy atom. The van der Waals surface area contributed by atoms with Crippen molar-refractivity contribution in [3.63, 3.8) is 0 Å². The molecule has 6 nitrogen and oxygen atoms in total. The summed E-state index contributed by atoms with van der Waals surface area (Å²) in [6.07, 6.45) is 5.24. The molecule has 1 saturated carbocycles. The van der Waals surface area contributed by atoms with Gasteiger partial charge < -0.3 is 5.32 Å². The zero-order valence-electron chi connectivity index (χ0n) is 11.7. The first-order chi connectivity index (χ1) is 10.3. The molecule has 0 radical (unpaired) electrons. The molecule has 0 saturated heterocycles. The van der Waals surface area contributed by atoms with E-state index in [4.69, 9.17) is 0 Å². The number of nitrogens with zero attached hydrogens (tertiary/aromatic N) is 4. The highest BCUT2D eigenvalue weighted by Gasteiger charge is 2.47. The standard InChI is InChI=1S/C15H17N5O/c21-13-12(11-7-3-1-4-8-11)20-14(17-18-19-20)15(16-13)9-5-2-6-10-15/h1,3-4,7-8,12H,2,5-6,9-10H2,(H,16,21)/t12-/m0/s1. The average Bonchev–Trinajstić information content (AvgIpc) is 2.99. The summed E-state index contributed by atoms with van der Waals surface area (Å²) in [6, 6.07) is 9.20. The summed E-state index contributed by atoms with van der Waals surface area (Å²) in [5.41, 5.74) is 0.540. The van der Waals surface area contributed by atoms with Gasteiger partial charge in [-0.2, -0.15) is 0 Å². The molecule has 4 rings (SSSR count). The highest BCUT2D eigenvalue weighted by atomic mass is 16.2. The predicted octanol–water partition coefficient (Wildman–Crippen LogP) is 1.55. The Labute approximate surface area is 122 Å². The Morgan fingerprint density at radius 2 is 1.90 bits per heavy atom. The number of rotatable bonds is 1. The molecule has 1 spiro atoms. The molecule has 2 aromatic rings. The molecule has 1 fully saturated rings. The van der Waals surface area contributed by atoms with Gasteiger partial charge in [0.05, 0.1) is 0 Å². The summed E-state index contributed by atoms with van der Waals surface area (Å²) in [4.78, 5) is 12.7. The first-order valence-corrected chi connectivity index (χ1v) is 7.45. The molecule has 0 bridgehead atoms. The second-order valence-electron chi connectivity index (χ2n) is 5.89. The quantitative estimate of drug-likeness (QED) is 0.862. The smallest absolute Gasteiger partial charge is 0.250 e. The lowest BCUT2D eigenvalue weighted by Crippen LogP contribution is -2.56. The van der Waals surface area contributed by atoms with Crippen molar-refractivity contribution in [3.8, 4) is 0 Å². The van der Waals surface area contributed by atoms with Crippen molar-refractivity contribution in [3.05, 3.63) is 41.7 Å². The summed E-state index contributed by atoms with van der Waals surface area (Å²) in [5.74, 6) is 0.790. The highest BCUT2D eigenvalue weighted by Crippen LogP contribution is 2.40. The predicted molar refractivity (Wildman–Crippen MR) is 75.3 cm³/mol. The zero-order valence-corrected chi connectivity index (χ0v) is 11.7. The molecular formula is C15H17N5O. The minimum absolute atomic E-state index is 0.0112. The van der Waals surface area contributed by atoms with E-state index >= 15 is 0 Å². The van der Waals surface area contributed by atoms with Gasteiger partial charge in [-0.25, -0.2) is 4.68 Å². The average molecular weight is 283 g/mol. The number of carbonyl (C=O) groups excluding carboxylic acids is 1. The Bertz CT molecular complexity index is 660. The van der Waals surface area contributed by atoms with Crippen LogP contribution in [0.3, 0.4) is 0 Å². The maximum absolute atomic E-state index is 12.7. The van der Waals surface area contributed by atoms with Gasteiger partial charge in [0.25, 0.3) is 0 Å². The maximum Gasteiger partial charge on any atom is 0.250 e. The number of carbonyl (C=O) groups is 1. The van der Waals surface area contributed by atoms with E-state index in [1.54, 1.807) is 4.68 Å². The van der Waals surface area contributed by atoms with Gasteiger partial charge in [-0.15, -0.1) is 5.10 Å². The van der Waals surface area contributed by atoms with Crippen molar-refractivity contribution >= 4 is 5.91 Å². The molecule has 1 amide bonds. The van der Waals surface area contributed by atoms with Crippen molar-refractivity contribution in [1.29, 1.82) is 0 Å². The Hall–Kier alpha value is -2.24. The van der Waals surface area contributed by atoms with Crippen LogP contribution in [0.5, 0.6) is 0 Å². The SMILES string of the molecule is O=C1NC2(CCCCC2)c2nnnn2[C@H]1c1ccccc1. The van der Waals surface area contributed by atoms with Gasteiger partial charge in [0.2, 0.25) is 5.91 Å². The van der Waals surface area contributed by atoms with Crippen molar-refractivity contribution in [2.45, 2.75) is 43.7 Å². The topological polar surface area (TPSA) is 72.7 Å². The van der Waals surface area contributed by atoms with Crippen molar-refractivity contribution in [2.75, 3.05) is 0 Å². The van der Waals surface area contributed by atoms with Crippen LogP contribution in [0.1, 0.15) is 49.5 Å². The maximum atomic E-state index is 12.7. The van der Waals surface area contributed by atoms with Gasteiger partial charge in [-0.1, -0.05) is 49.6 Å². The Kier molecular flexibility index (Phi) is 2.77. The molecule has 1 atom stereocenters. The molecule has 2 aliphatic rings. The van der Waals surface area contributed by atoms with Crippen LogP contribution in [-0.4, -0.2) is 26.1 Å². The summed E-state index contributed by atoms with van der Waals surface area (Å²) < 4.78 is 1.71. The van der Waals surface area contributed by atoms with E-state index in [1.807, 2.05) is 30.3 Å². The van der Waals surface area contributed by atoms with E-state index in [0.717, 1.165) is 37.1 Å². The van der Waals surface area contributed by atoms with Gasteiger partial charge in [0.1, 0.15) is 5.54 Å². The first-order valence-electron chi connectivity index (χ1n) is 7.45. The van der Waals surface area contributed by atoms with Gasteiger partial charge in [0.15, 0.2) is 11.9 Å². The van der Waals surface area contributed by atoms with Gasteiger partial charge in [-0.05, 0) is 28.8 Å². The molecule has 6 heteroatoms. The molecule has 21 heavy (non-hydrogen) atoms. The number of aromatic nitrogens is 4. The van der Waals surface area contributed by atoms with Gasteiger partial charge in [0, 0.05) is 0 Å². The fraction of sp³-hybridized carbons (Fsp3) is 0.467. The van der Waals surface area contributed by atoms with E-state index in [9.17, 15) is 4.79 Å². The summed E-state index contributed by atoms with van der Waals surface area (Å²) in [6.45, 7) is 0. The first kappa shape index (κ1) is 12.5. The molecule has 1 aliphatic carbocycles. The van der Waals surface area contributed by atoms with Crippen LogP contribution in [0.2, 0.25) is 0 Å². The molecule has 2 heterocycles. The van der Waals surface area contributed by atoms with Crippen molar-refractivity contribution in [2.24, 2.45) is 0 Å². The normalized spacial score (nSPS) is 23.6. The van der Waals surface area contributed by atoms with Crippen LogP contribution < -0.4 is 5.32 Å². The molecule has 0 unspecified atom stereocenters. The van der Waals surface area contributed by atoms with Gasteiger partial charge in [-0.3, -0.25) is 4.79 Å². The third-order valence-corrected chi connectivity index (χ3v) is 4.60. The molecule has 1 N–H and O–H groups in total. The molecular weight excluding hydrogens is 266 g/mol. The lowest BCUT2D eigenvalue weighted by atomic mass is 9.79. The summed E-state index contributed by atoms with van der Waals surface area (Å²) in [5, 5.41) is 15.4. The molecule has 1 aliphatic heterocycles. The van der Waals surface area contributed by atoms with Crippen LogP contribution in [0.4, 0.5) is 0 Å². The lowest BCUT2D eigenvalue weighted by Gasteiger charge is -2.41. The number of tetrazole rings is 1. The third-order valence-electron chi connectivity index (χ3n) is 4.60. The number of amides is 1. The molecule has 1 aromatic carbocycles. The van der Waals surface area contributed by atoms with E-state index in [1.165, 1.54) is 6.42 Å². The largest absolute Gasteiger partial charge is 0.341 e. The van der Waals surface area contributed by atoms with E-state index in [-0.39, 0.29) is 11.4 Å². The Morgan fingerprint density at radius 1 is 1.14 bits per heavy atom. The fourth-order valence-corrected chi connectivity index (χ4v) is 3.59. The number of nitrogens with one attached hydrogen (secondary N) is 1. The number of hydrogen-bond donors (Lipinski definition) is 1. The third kappa shape index (κ3) is 1.86. The van der Waals surface area contributed by atoms with Gasteiger partial charge >= 0.3 is 0 Å². The van der Waals surface area contributed by atoms with Crippen molar-refractivity contribution in [1.82, 2.24) is 25.5 Å². The summed E-state index contributed by atoms with van der Waals surface area (Å²) in [7, 11) is 0. The molecule has 108 valence electrons. The highest BCUT2D eigenvalue weighted by molar-refractivity contribution is 5.85. The van der Waals surface area contributed by atoms with Crippen LogP contribution >= 0.6 is 0 Å². The lowest BCUT2D eigenvalue weighted by molar-refractivity contribution is -0.128. The number of benzene rings is 1. The van der Waals surface area contributed by atoms with E-state index < -0.39 is 6.04 Å². The molecule has 1 aromatic heterocycles. The van der Waals surface area contributed by atoms with Crippen LogP contribution in [0.25, 0.3) is 0 Å². The van der Waals surface area contributed by atoms with E-state index in [0.29, 0.717) is 0 Å². The summed E-state index contributed by atoms with van der Waals surface area (Å²) >= 11 is 0. The second-order valence-corrected chi connectivity index (χ2v) is 5.89. The number of hydrogen-bond acceptors (Lipinski definition) is 4. The van der Waals surface area contributed by atoms with Crippen molar-refractivity contribution < 1.29 is 4.79 Å². The zero-order chi connectivity index (χ0) is 14.3. The second kappa shape index (κ2) is 4.65. The fourth-order valence-electron chi connectivity index (χ4n) is 3.59.